The van der Waals surface area contributed by atoms with Gasteiger partial charge in [-0.2, -0.15) is 0 Å². The topological polar surface area (TPSA) is 89.8 Å². The number of aryl methyl sites for hydroxylation is 3. The summed E-state index contributed by atoms with van der Waals surface area (Å²) in [5, 5.41) is 3.36. The molecule has 1 amide bonds. The molecule has 144 valence electrons. The second-order valence-electron chi connectivity index (χ2n) is 6.72. The maximum atomic E-state index is 12.6. The zero-order valence-corrected chi connectivity index (χ0v) is 16.1. The molecule has 2 aromatic heterocycles. The molecule has 0 spiro atoms. The van der Waals surface area contributed by atoms with E-state index in [-0.39, 0.29) is 11.5 Å². The standard InChI is InChI=1S/C21H23N5O2/c1-15-9-18-19(10-16(15)2)25-14-26(21(18)28)8-6-20(27)24-7-4-3-5-17-11-22-13-23-12-17/h6,8-14H,3-5,7H2,1-2H3,(H,24,27). The average Bonchev–Trinajstić information content (AvgIpc) is 2.69. The number of nitrogens with one attached hydrogen (secondary N) is 1. The Hall–Kier alpha value is -3.35. The number of carbonyl (C=O) groups is 1. The third-order valence-electron chi connectivity index (χ3n) is 4.59. The lowest BCUT2D eigenvalue weighted by molar-refractivity contribution is -0.116. The van der Waals surface area contributed by atoms with Gasteiger partial charge in [-0.15, -0.1) is 0 Å². The first-order valence-electron chi connectivity index (χ1n) is 9.22. The molecule has 28 heavy (non-hydrogen) atoms. The molecule has 3 rings (SSSR count). The van der Waals surface area contributed by atoms with Gasteiger partial charge < -0.3 is 5.32 Å². The average molecular weight is 377 g/mol. The minimum Gasteiger partial charge on any atom is -0.353 e. The Morgan fingerprint density at radius 1 is 1.14 bits per heavy atom. The molecule has 7 nitrogen and oxygen atoms in total. The van der Waals surface area contributed by atoms with Crippen molar-refractivity contribution in [2.45, 2.75) is 33.1 Å². The smallest absolute Gasteiger partial charge is 0.265 e. The van der Waals surface area contributed by atoms with Crippen LogP contribution < -0.4 is 10.9 Å². The second kappa shape index (κ2) is 9.03. The molecule has 0 aliphatic heterocycles. The molecule has 0 unspecified atom stereocenters. The summed E-state index contributed by atoms with van der Waals surface area (Å²) in [6.07, 6.45) is 12.0. The number of hydrogen-bond donors (Lipinski definition) is 1. The monoisotopic (exact) mass is 377 g/mol. The molecule has 0 atom stereocenters. The summed E-state index contributed by atoms with van der Waals surface area (Å²) in [6, 6.07) is 3.73. The van der Waals surface area contributed by atoms with Gasteiger partial charge in [-0.25, -0.2) is 15.0 Å². The van der Waals surface area contributed by atoms with E-state index >= 15 is 0 Å². The normalized spacial score (nSPS) is 11.2. The number of rotatable bonds is 7. The third-order valence-corrected chi connectivity index (χ3v) is 4.59. The van der Waals surface area contributed by atoms with Crippen LogP contribution >= 0.6 is 0 Å². The molecule has 3 aromatic rings. The van der Waals surface area contributed by atoms with Gasteiger partial charge in [-0.3, -0.25) is 14.2 Å². The van der Waals surface area contributed by atoms with E-state index in [2.05, 4.69) is 20.3 Å². The van der Waals surface area contributed by atoms with Gasteiger partial charge in [-0.1, -0.05) is 0 Å². The van der Waals surface area contributed by atoms with Gasteiger partial charge in [-0.05, 0) is 61.9 Å². The van der Waals surface area contributed by atoms with Crippen molar-refractivity contribution >= 4 is 23.0 Å². The predicted molar refractivity (Wildman–Crippen MR) is 109 cm³/mol. The quantitative estimate of drug-likeness (QED) is 0.504. The third kappa shape index (κ3) is 4.88. The Labute approximate surface area is 163 Å². The lowest BCUT2D eigenvalue weighted by atomic mass is 10.1. The summed E-state index contributed by atoms with van der Waals surface area (Å²) in [4.78, 5) is 36.8. The molecule has 0 saturated carbocycles. The Balaban J connectivity index is 1.53. The van der Waals surface area contributed by atoms with Crippen molar-refractivity contribution in [3.63, 3.8) is 0 Å². The number of benzene rings is 1. The van der Waals surface area contributed by atoms with E-state index in [1.807, 2.05) is 26.0 Å². The van der Waals surface area contributed by atoms with E-state index in [9.17, 15) is 9.59 Å². The maximum absolute atomic E-state index is 12.6. The van der Waals surface area contributed by atoms with E-state index in [0.717, 1.165) is 36.0 Å². The fraction of sp³-hybridized carbons (Fsp3) is 0.286. The molecule has 0 fully saturated rings. The van der Waals surface area contributed by atoms with Crippen LogP contribution in [0, 0.1) is 13.8 Å². The predicted octanol–water partition coefficient (Wildman–Crippen LogP) is 2.41. The molecule has 0 saturated heterocycles. The summed E-state index contributed by atoms with van der Waals surface area (Å²) in [7, 11) is 0. The van der Waals surface area contributed by atoms with Crippen LogP contribution in [0.25, 0.3) is 17.1 Å². The minimum absolute atomic E-state index is 0.192. The van der Waals surface area contributed by atoms with Crippen molar-refractivity contribution in [1.82, 2.24) is 24.8 Å². The van der Waals surface area contributed by atoms with E-state index in [4.69, 9.17) is 0 Å². The number of nitrogens with zero attached hydrogens (tertiary/aromatic N) is 4. The van der Waals surface area contributed by atoms with Crippen LogP contribution in [0.3, 0.4) is 0 Å². The highest BCUT2D eigenvalue weighted by Gasteiger charge is 2.05. The fourth-order valence-corrected chi connectivity index (χ4v) is 2.83. The summed E-state index contributed by atoms with van der Waals surface area (Å²) in [6.45, 7) is 4.51. The van der Waals surface area contributed by atoms with Crippen LogP contribution in [0.4, 0.5) is 0 Å². The van der Waals surface area contributed by atoms with Gasteiger partial charge in [0, 0.05) is 31.2 Å². The maximum Gasteiger partial charge on any atom is 0.265 e. The molecular formula is C21H23N5O2. The number of unbranched alkanes of at least 4 members (excludes halogenated alkanes) is 1. The van der Waals surface area contributed by atoms with Crippen LogP contribution in [0.2, 0.25) is 0 Å². The van der Waals surface area contributed by atoms with E-state index < -0.39 is 0 Å². The first-order chi connectivity index (χ1) is 13.5. The van der Waals surface area contributed by atoms with E-state index in [1.54, 1.807) is 12.4 Å². The Morgan fingerprint density at radius 3 is 2.68 bits per heavy atom. The van der Waals surface area contributed by atoms with Crippen molar-refractivity contribution in [3.05, 3.63) is 70.3 Å². The zero-order valence-electron chi connectivity index (χ0n) is 16.1. The number of amides is 1. The second-order valence-corrected chi connectivity index (χ2v) is 6.72. The molecule has 1 aromatic carbocycles. The summed E-state index contributed by atoms with van der Waals surface area (Å²) in [5.41, 5.74) is 3.68. The molecule has 0 aliphatic carbocycles. The Bertz CT molecular complexity index is 1060. The Kier molecular flexibility index (Phi) is 6.26. The van der Waals surface area contributed by atoms with E-state index in [0.29, 0.717) is 17.4 Å². The van der Waals surface area contributed by atoms with Crippen molar-refractivity contribution in [2.75, 3.05) is 6.54 Å². The molecule has 7 heteroatoms. The van der Waals surface area contributed by atoms with Crippen molar-refractivity contribution < 1.29 is 4.79 Å². The van der Waals surface area contributed by atoms with Gasteiger partial charge in [0.05, 0.1) is 10.9 Å². The van der Waals surface area contributed by atoms with Crippen molar-refractivity contribution in [2.24, 2.45) is 0 Å². The molecule has 0 radical (unpaired) electrons. The largest absolute Gasteiger partial charge is 0.353 e. The lowest BCUT2D eigenvalue weighted by Crippen LogP contribution is -2.23. The minimum atomic E-state index is -0.241. The first kappa shape index (κ1) is 19.4. The number of aromatic nitrogens is 4. The Morgan fingerprint density at radius 2 is 1.89 bits per heavy atom. The summed E-state index contributed by atoms with van der Waals surface area (Å²) >= 11 is 0. The highest BCUT2D eigenvalue weighted by molar-refractivity contribution is 5.90. The van der Waals surface area contributed by atoms with Gasteiger partial charge >= 0.3 is 0 Å². The fourth-order valence-electron chi connectivity index (χ4n) is 2.83. The van der Waals surface area contributed by atoms with E-state index in [1.165, 1.54) is 29.5 Å². The van der Waals surface area contributed by atoms with Crippen LogP contribution in [-0.4, -0.2) is 32.0 Å². The summed E-state index contributed by atoms with van der Waals surface area (Å²) < 4.78 is 1.33. The van der Waals surface area contributed by atoms with Gasteiger partial charge in [0.15, 0.2) is 0 Å². The van der Waals surface area contributed by atoms with Gasteiger partial charge in [0.1, 0.15) is 12.7 Å². The number of carbonyl (C=O) groups excluding carboxylic acids is 1. The zero-order chi connectivity index (χ0) is 19.9. The highest BCUT2D eigenvalue weighted by Crippen LogP contribution is 2.14. The highest BCUT2D eigenvalue weighted by atomic mass is 16.1. The van der Waals surface area contributed by atoms with Crippen molar-refractivity contribution in [1.29, 1.82) is 0 Å². The SMILES string of the molecule is Cc1cc2ncn(C=CC(=O)NCCCCc3cncnc3)c(=O)c2cc1C. The summed E-state index contributed by atoms with van der Waals surface area (Å²) in [5.74, 6) is -0.241. The van der Waals surface area contributed by atoms with Gasteiger partial charge in [0.2, 0.25) is 5.91 Å². The lowest BCUT2D eigenvalue weighted by Gasteiger charge is -2.05. The van der Waals surface area contributed by atoms with Gasteiger partial charge in [0.25, 0.3) is 5.56 Å². The van der Waals surface area contributed by atoms with Crippen LogP contribution in [0.15, 0.2) is 48.1 Å². The number of fused-ring (bicyclic) bond motifs is 1. The van der Waals surface area contributed by atoms with Crippen LogP contribution in [0.5, 0.6) is 0 Å². The molecule has 2 heterocycles. The molecule has 0 aliphatic rings. The molecular weight excluding hydrogens is 354 g/mol. The van der Waals surface area contributed by atoms with Crippen molar-refractivity contribution in [3.8, 4) is 0 Å². The van der Waals surface area contributed by atoms with Crippen LogP contribution in [0.1, 0.15) is 29.5 Å². The van der Waals surface area contributed by atoms with Crippen LogP contribution in [-0.2, 0) is 11.2 Å². The molecule has 1 N–H and O–H groups in total. The number of hydrogen-bond acceptors (Lipinski definition) is 5. The molecule has 0 bridgehead atoms. The first-order valence-corrected chi connectivity index (χ1v) is 9.22.